The SMILES string of the molecule is CCOC(=O)[C@@H](C)Oc1cccc(C=Nn2c(C(C)(C)C)nc3ccc(Br)cc3c2=O)c1. The highest BCUT2D eigenvalue weighted by Gasteiger charge is 2.23. The van der Waals surface area contributed by atoms with Crippen molar-refractivity contribution >= 4 is 39.0 Å². The number of rotatable bonds is 6. The van der Waals surface area contributed by atoms with Crippen LogP contribution in [0.4, 0.5) is 0 Å². The molecule has 0 aliphatic heterocycles. The van der Waals surface area contributed by atoms with Crippen LogP contribution in [0.1, 0.15) is 46.0 Å². The van der Waals surface area contributed by atoms with Crippen LogP contribution in [0, 0.1) is 0 Å². The topological polar surface area (TPSA) is 82.8 Å². The number of hydrogen-bond acceptors (Lipinski definition) is 6. The van der Waals surface area contributed by atoms with Gasteiger partial charge in [-0.1, -0.05) is 48.8 Å². The molecule has 0 spiro atoms. The molecule has 0 aliphatic carbocycles. The first-order valence-corrected chi connectivity index (χ1v) is 11.1. The van der Waals surface area contributed by atoms with Crippen LogP contribution >= 0.6 is 15.9 Å². The van der Waals surface area contributed by atoms with Gasteiger partial charge in [-0.25, -0.2) is 9.78 Å². The molecule has 0 N–H and O–H groups in total. The van der Waals surface area contributed by atoms with Gasteiger partial charge in [0.15, 0.2) is 6.10 Å². The van der Waals surface area contributed by atoms with Gasteiger partial charge in [0.05, 0.1) is 23.7 Å². The van der Waals surface area contributed by atoms with E-state index in [-0.39, 0.29) is 5.56 Å². The summed E-state index contributed by atoms with van der Waals surface area (Å²) in [7, 11) is 0. The summed E-state index contributed by atoms with van der Waals surface area (Å²) < 4.78 is 12.8. The number of carbonyl (C=O) groups excluding carboxylic acids is 1. The van der Waals surface area contributed by atoms with E-state index >= 15 is 0 Å². The van der Waals surface area contributed by atoms with Gasteiger partial charge >= 0.3 is 5.97 Å². The van der Waals surface area contributed by atoms with E-state index < -0.39 is 17.5 Å². The van der Waals surface area contributed by atoms with Gasteiger partial charge in [-0.05, 0) is 49.7 Å². The van der Waals surface area contributed by atoms with E-state index in [9.17, 15) is 9.59 Å². The Morgan fingerprint density at radius 3 is 2.69 bits per heavy atom. The van der Waals surface area contributed by atoms with E-state index in [1.165, 1.54) is 4.68 Å². The smallest absolute Gasteiger partial charge is 0.347 e. The number of aromatic nitrogens is 2. The van der Waals surface area contributed by atoms with Crippen molar-refractivity contribution in [1.29, 1.82) is 0 Å². The number of carbonyl (C=O) groups is 1. The normalized spacial score (nSPS) is 12.8. The molecule has 0 bridgehead atoms. The molecular weight excluding hydrogens is 474 g/mol. The maximum atomic E-state index is 13.2. The minimum atomic E-state index is -0.736. The van der Waals surface area contributed by atoms with Crippen molar-refractivity contribution in [3.05, 3.63) is 68.7 Å². The van der Waals surface area contributed by atoms with Crippen molar-refractivity contribution < 1.29 is 14.3 Å². The lowest BCUT2D eigenvalue weighted by Gasteiger charge is -2.20. The Kier molecular flexibility index (Phi) is 7.13. The lowest BCUT2D eigenvalue weighted by Crippen LogP contribution is -2.29. The predicted molar refractivity (Wildman–Crippen MR) is 129 cm³/mol. The lowest BCUT2D eigenvalue weighted by atomic mass is 9.95. The Labute approximate surface area is 195 Å². The summed E-state index contributed by atoms with van der Waals surface area (Å²) in [5.41, 5.74) is 0.677. The van der Waals surface area contributed by atoms with E-state index in [1.807, 2.05) is 39.0 Å². The number of ether oxygens (including phenoxy) is 2. The molecule has 168 valence electrons. The molecule has 0 amide bonds. The first kappa shape index (κ1) is 23.7. The Balaban J connectivity index is 1.99. The Morgan fingerprint density at radius 1 is 1.25 bits per heavy atom. The second-order valence-electron chi connectivity index (χ2n) is 8.29. The van der Waals surface area contributed by atoms with Crippen molar-refractivity contribution in [1.82, 2.24) is 9.66 Å². The van der Waals surface area contributed by atoms with E-state index in [4.69, 9.17) is 14.5 Å². The van der Waals surface area contributed by atoms with Crippen LogP contribution < -0.4 is 10.3 Å². The average molecular weight is 500 g/mol. The largest absolute Gasteiger partial charge is 0.479 e. The molecule has 0 saturated heterocycles. The molecule has 32 heavy (non-hydrogen) atoms. The average Bonchev–Trinajstić information content (AvgIpc) is 2.73. The minimum absolute atomic E-state index is 0.249. The van der Waals surface area contributed by atoms with Gasteiger partial charge in [0.25, 0.3) is 5.56 Å². The van der Waals surface area contributed by atoms with Gasteiger partial charge in [-0.15, -0.1) is 0 Å². The molecule has 3 aromatic rings. The number of benzene rings is 2. The Bertz CT molecular complexity index is 1230. The molecule has 7 nitrogen and oxygen atoms in total. The number of nitrogens with zero attached hydrogens (tertiary/aromatic N) is 3. The summed E-state index contributed by atoms with van der Waals surface area (Å²) in [5.74, 6) is 0.622. The zero-order chi connectivity index (χ0) is 23.5. The summed E-state index contributed by atoms with van der Waals surface area (Å²) in [6.45, 7) is 9.62. The molecule has 8 heteroatoms. The van der Waals surface area contributed by atoms with Gasteiger partial charge in [-0.2, -0.15) is 9.78 Å². The van der Waals surface area contributed by atoms with Crippen LogP contribution in [0.3, 0.4) is 0 Å². The first-order valence-electron chi connectivity index (χ1n) is 10.3. The van der Waals surface area contributed by atoms with Crippen molar-refractivity contribution in [3.8, 4) is 5.75 Å². The molecule has 2 aromatic carbocycles. The maximum Gasteiger partial charge on any atom is 0.347 e. The molecule has 0 fully saturated rings. The van der Waals surface area contributed by atoms with Crippen molar-refractivity contribution in [2.24, 2.45) is 5.10 Å². The molecule has 3 rings (SSSR count). The third-order valence-electron chi connectivity index (χ3n) is 4.59. The molecule has 0 saturated carbocycles. The standard InChI is InChI=1S/C24H26BrN3O4/c1-6-31-22(30)15(2)32-18-9-7-8-16(12-18)14-26-28-21(29)19-13-17(25)10-11-20(19)27-23(28)24(3,4)5/h7-15H,6H2,1-5H3/t15-/m1/s1. The summed E-state index contributed by atoms with van der Waals surface area (Å²) in [4.78, 5) is 29.8. The van der Waals surface area contributed by atoms with Crippen LogP contribution in [-0.2, 0) is 14.9 Å². The van der Waals surface area contributed by atoms with Gasteiger partial charge in [-0.3, -0.25) is 4.79 Å². The minimum Gasteiger partial charge on any atom is -0.479 e. The molecule has 0 aliphatic rings. The third-order valence-corrected chi connectivity index (χ3v) is 5.08. The number of fused-ring (bicyclic) bond motifs is 1. The zero-order valence-electron chi connectivity index (χ0n) is 18.8. The fourth-order valence-corrected chi connectivity index (χ4v) is 3.41. The van der Waals surface area contributed by atoms with Crippen LogP contribution in [0.25, 0.3) is 10.9 Å². The van der Waals surface area contributed by atoms with Crippen LogP contribution in [0.2, 0.25) is 0 Å². The summed E-state index contributed by atoms with van der Waals surface area (Å²) in [6.07, 6.45) is 0.838. The van der Waals surface area contributed by atoms with Crippen LogP contribution in [-0.4, -0.2) is 34.6 Å². The quantitative estimate of drug-likeness (QED) is 0.363. The van der Waals surface area contributed by atoms with Crippen molar-refractivity contribution in [2.45, 2.75) is 46.1 Å². The summed E-state index contributed by atoms with van der Waals surface area (Å²) in [6, 6.07) is 12.5. The fraction of sp³-hybridized carbons (Fsp3) is 0.333. The molecule has 0 unspecified atom stereocenters. The molecule has 0 radical (unpaired) electrons. The number of halogens is 1. The highest BCUT2D eigenvalue weighted by Crippen LogP contribution is 2.23. The Hall–Kier alpha value is -3.00. The number of hydrogen-bond donors (Lipinski definition) is 0. The second-order valence-corrected chi connectivity index (χ2v) is 9.21. The highest BCUT2D eigenvalue weighted by molar-refractivity contribution is 9.10. The maximum absolute atomic E-state index is 13.2. The monoisotopic (exact) mass is 499 g/mol. The fourth-order valence-electron chi connectivity index (χ4n) is 3.05. The van der Waals surface area contributed by atoms with Gasteiger partial charge in [0.2, 0.25) is 0 Å². The van der Waals surface area contributed by atoms with Crippen molar-refractivity contribution in [3.63, 3.8) is 0 Å². The highest BCUT2D eigenvalue weighted by atomic mass is 79.9. The van der Waals surface area contributed by atoms with Crippen molar-refractivity contribution in [2.75, 3.05) is 6.61 Å². The third kappa shape index (κ3) is 5.43. The molecular formula is C24H26BrN3O4. The van der Waals surface area contributed by atoms with E-state index in [0.717, 1.165) is 4.47 Å². The summed E-state index contributed by atoms with van der Waals surface area (Å²) >= 11 is 3.41. The lowest BCUT2D eigenvalue weighted by molar-refractivity contribution is -0.150. The number of esters is 1. The predicted octanol–water partition coefficient (Wildman–Crippen LogP) is 4.67. The second kappa shape index (κ2) is 9.65. The molecule has 1 heterocycles. The van der Waals surface area contributed by atoms with E-state index in [1.54, 1.807) is 44.3 Å². The van der Waals surface area contributed by atoms with E-state index in [2.05, 4.69) is 21.0 Å². The molecule has 1 aromatic heterocycles. The van der Waals surface area contributed by atoms with E-state index in [0.29, 0.717) is 34.6 Å². The Morgan fingerprint density at radius 2 is 2.00 bits per heavy atom. The summed E-state index contributed by atoms with van der Waals surface area (Å²) in [5, 5.41) is 4.94. The first-order chi connectivity index (χ1) is 15.1. The van der Waals surface area contributed by atoms with Gasteiger partial charge < -0.3 is 9.47 Å². The molecule has 1 atom stereocenters. The van der Waals surface area contributed by atoms with Crippen LogP contribution in [0.15, 0.2) is 56.8 Å². The van der Waals surface area contributed by atoms with Crippen LogP contribution in [0.5, 0.6) is 5.75 Å². The van der Waals surface area contributed by atoms with Gasteiger partial charge in [0.1, 0.15) is 11.6 Å². The zero-order valence-corrected chi connectivity index (χ0v) is 20.3. The van der Waals surface area contributed by atoms with Gasteiger partial charge in [0, 0.05) is 9.89 Å².